The van der Waals surface area contributed by atoms with E-state index in [1.165, 1.54) is 0 Å². The molecule has 0 aliphatic carbocycles. The Morgan fingerprint density at radius 1 is 1.10 bits per heavy atom. The van der Waals surface area contributed by atoms with Crippen molar-refractivity contribution in [2.24, 2.45) is 11.5 Å². The molecule has 1 aromatic carbocycles. The van der Waals surface area contributed by atoms with E-state index in [9.17, 15) is 35.8 Å². The van der Waals surface area contributed by atoms with Gasteiger partial charge < -0.3 is 21.3 Å². The van der Waals surface area contributed by atoms with Crippen molar-refractivity contribution in [2.75, 3.05) is 13.2 Å². The third-order valence-electron chi connectivity index (χ3n) is 4.71. The van der Waals surface area contributed by atoms with Crippen LogP contribution in [0.2, 0.25) is 0 Å². The second kappa shape index (κ2) is 6.54. The third kappa shape index (κ3) is 3.20. The number of aliphatic hydroxyl groups is 1. The molecule has 2 atom stereocenters. The van der Waals surface area contributed by atoms with Crippen LogP contribution in [-0.2, 0) is 11.1 Å². The van der Waals surface area contributed by atoms with Gasteiger partial charge in [-0.15, -0.1) is 0 Å². The molecule has 1 unspecified atom stereocenters. The Bertz CT molecular complexity index is 930. The van der Waals surface area contributed by atoms with Crippen LogP contribution in [0.5, 0.6) is 5.75 Å². The Morgan fingerprint density at radius 3 is 2.17 bits per heavy atom. The average molecular weight is 425 g/mol. The van der Waals surface area contributed by atoms with Gasteiger partial charge in [-0.05, 0) is 30.3 Å². The fraction of sp³-hybridized carbons (Fsp3) is 0.353. The highest BCUT2D eigenvalue weighted by Crippen LogP contribution is 2.50. The van der Waals surface area contributed by atoms with Crippen LogP contribution in [-0.4, -0.2) is 35.6 Å². The van der Waals surface area contributed by atoms with Gasteiger partial charge in [0.05, 0.1) is 5.69 Å². The first kappa shape index (κ1) is 21.3. The highest BCUT2D eigenvalue weighted by Gasteiger charge is 2.61. The van der Waals surface area contributed by atoms with Crippen molar-refractivity contribution in [2.45, 2.75) is 23.5 Å². The molecular weight excluding hydrogens is 411 g/mol. The lowest BCUT2D eigenvalue weighted by atomic mass is 9.88. The number of nitrogens with zero attached hydrogens (tertiary/aromatic N) is 1. The van der Waals surface area contributed by atoms with Crippen LogP contribution < -0.4 is 16.2 Å². The van der Waals surface area contributed by atoms with Crippen LogP contribution in [0.3, 0.4) is 0 Å². The zero-order valence-electron chi connectivity index (χ0n) is 14.4. The minimum absolute atomic E-state index is 0.0440. The molecule has 0 amide bonds. The van der Waals surface area contributed by atoms with Crippen molar-refractivity contribution >= 4 is 0 Å². The van der Waals surface area contributed by atoms with E-state index in [1.807, 2.05) is 0 Å². The van der Waals surface area contributed by atoms with Gasteiger partial charge in [0.25, 0.3) is 0 Å². The number of alkyl halides is 6. The summed E-state index contributed by atoms with van der Waals surface area (Å²) < 4.78 is 99.3. The lowest BCUT2D eigenvalue weighted by Crippen LogP contribution is -2.52. The number of aromatic nitrogens is 1. The van der Waals surface area contributed by atoms with Crippen molar-refractivity contribution in [3.05, 3.63) is 47.4 Å². The third-order valence-corrected chi connectivity index (χ3v) is 4.71. The largest absolute Gasteiger partial charge is 0.488 e. The van der Waals surface area contributed by atoms with E-state index in [0.29, 0.717) is 6.07 Å². The summed E-state index contributed by atoms with van der Waals surface area (Å²) in [7, 11) is 0. The molecule has 158 valence electrons. The molecule has 1 aliphatic rings. The van der Waals surface area contributed by atoms with Gasteiger partial charge in [-0.25, -0.2) is 9.37 Å². The number of benzene rings is 1. The van der Waals surface area contributed by atoms with Crippen molar-refractivity contribution < 1.29 is 40.6 Å². The topological polar surface area (TPSA) is 94.4 Å². The van der Waals surface area contributed by atoms with E-state index in [-0.39, 0.29) is 5.56 Å². The van der Waals surface area contributed by atoms with Crippen LogP contribution in [0, 0.1) is 5.82 Å². The molecule has 0 radical (unpaired) electrons. The summed E-state index contributed by atoms with van der Waals surface area (Å²) in [6.45, 7) is -2.52. The van der Waals surface area contributed by atoms with Crippen LogP contribution in [0.4, 0.5) is 30.7 Å². The number of rotatable bonds is 3. The highest BCUT2D eigenvalue weighted by atomic mass is 19.4. The fourth-order valence-electron chi connectivity index (χ4n) is 2.89. The SMILES string of the molecule is NCC(O)(c1cc2c(c(-c3ccc(F)cc3)n1)OC[C@@]2(N)C(F)(F)F)C(F)(F)F. The molecule has 1 aromatic heterocycles. The Kier molecular flexibility index (Phi) is 4.80. The predicted octanol–water partition coefficient (Wildman–Crippen LogP) is 2.71. The summed E-state index contributed by atoms with van der Waals surface area (Å²) in [5.41, 5.74) is 1.11. The maximum Gasteiger partial charge on any atom is 0.424 e. The molecule has 12 heteroatoms. The fourth-order valence-corrected chi connectivity index (χ4v) is 2.89. The molecule has 0 bridgehead atoms. The van der Waals surface area contributed by atoms with Crippen molar-refractivity contribution in [3.63, 3.8) is 0 Å². The smallest absolute Gasteiger partial charge is 0.424 e. The first-order valence-corrected chi connectivity index (χ1v) is 8.04. The van der Waals surface area contributed by atoms with E-state index >= 15 is 0 Å². The first-order valence-electron chi connectivity index (χ1n) is 8.04. The molecule has 0 saturated carbocycles. The molecule has 2 heterocycles. The number of hydrogen-bond donors (Lipinski definition) is 3. The van der Waals surface area contributed by atoms with Gasteiger partial charge in [0.15, 0.2) is 11.3 Å². The van der Waals surface area contributed by atoms with Crippen LogP contribution in [0.25, 0.3) is 11.3 Å². The Labute approximate surface area is 159 Å². The van der Waals surface area contributed by atoms with Gasteiger partial charge in [0.1, 0.15) is 18.1 Å². The predicted molar refractivity (Wildman–Crippen MR) is 86.1 cm³/mol. The molecule has 1 aliphatic heterocycles. The quantitative estimate of drug-likeness (QED) is 0.658. The van der Waals surface area contributed by atoms with Crippen molar-refractivity contribution in [3.8, 4) is 17.0 Å². The van der Waals surface area contributed by atoms with Gasteiger partial charge in [-0.3, -0.25) is 0 Å². The average Bonchev–Trinajstić information content (AvgIpc) is 2.98. The summed E-state index contributed by atoms with van der Waals surface area (Å²) >= 11 is 0. The van der Waals surface area contributed by atoms with E-state index in [4.69, 9.17) is 16.2 Å². The summed E-state index contributed by atoms with van der Waals surface area (Å²) in [6.07, 6.45) is -10.4. The van der Waals surface area contributed by atoms with Crippen molar-refractivity contribution in [1.29, 1.82) is 0 Å². The number of halogens is 7. The minimum Gasteiger partial charge on any atom is -0.488 e. The maximum atomic E-state index is 13.6. The zero-order valence-corrected chi connectivity index (χ0v) is 14.4. The molecule has 5 N–H and O–H groups in total. The Hall–Kier alpha value is -2.44. The molecule has 0 fully saturated rings. The lowest BCUT2D eigenvalue weighted by Gasteiger charge is -2.31. The standard InChI is InChI=1S/C17H14F7N3O2/c18-9-3-1-8(2-4-9)12-13-10(14(26,7-29-13)16(19,20)21)5-11(27-12)15(28,6-25)17(22,23)24/h1-5,28H,6-7,25-26H2/t14-,15?/m0/s1. The van der Waals surface area contributed by atoms with E-state index in [2.05, 4.69) is 4.98 Å². The van der Waals surface area contributed by atoms with Crippen LogP contribution >= 0.6 is 0 Å². The molecule has 2 aromatic rings. The monoisotopic (exact) mass is 425 g/mol. The molecule has 0 saturated heterocycles. The summed E-state index contributed by atoms with van der Waals surface area (Å²) in [6, 6.07) is 4.44. The summed E-state index contributed by atoms with van der Waals surface area (Å²) in [5, 5.41) is 10.1. The van der Waals surface area contributed by atoms with Gasteiger partial charge in [-0.2, -0.15) is 26.3 Å². The van der Waals surface area contributed by atoms with Gasteiger partial charge >= 0.3 is 12.4 Å². The second-order valence-corrected chi connectivity index (χ2v) is 6.56. The number of nitrogens with two attached hydrogens (primary N) is 2. The van der Waals surface area contributed by atoms with Crippen LogP contribution in [0.15, 0.2) is 30.3 Å². The molecule has 29 heavy (non-hydrogen) atoms. The first-order chi connectivity index (χ1) is 13.2. The molecular formula is C17H14F7N3O2. The zero-order chi connectivity index (χ0) is 21.8. The summed E-state index contributed by atoms with van der Waals surface area (Å²) in [4.78, 5) is 3.68. The lowest BCUT2D eigenvalue weighted by molar-refractivity contribution is -0.263. The molecule has 0 spiro atoms. The van der Waals surface area contributed by atoms with E-state index < -0.39 is 65.2 Å². The minimum atomic E-state index is -5.35. The van der Waals surface area contributed by atoms with Gasteiger partial charge in [0.2, 0.25) is 5.60 Å². The van der Waals surface area contributed by atoms with E-state index in [1.54, 1.807) is 0 Å². The Balaban J connectivity index is 2.35. The maximum absolute atomic E-state index is 13.6. The summed E-state index contributed by atoms with van der Waals surface area (Å²) in [5.74, 6) is -1.21. The Morgan fingerprint density at radius 2 is 1.69 bits per heavy atom. The van der Waals surface area contributed by atoms with Crippen LogP contribution in [0.1, 0.15) is 11.3 Å². The van der Waals surface area contributed by atoms with Crippen molar-refractivity contribution in [1.82, 2.24) is 4.98 Å². The second-order valence-electron chi connectivity index (χ2n) is 6.56. The molecule has 3 rings (SSSR count). The normalized spacial score (nSPS) is 21.4. The van der Waals surface area contributed by atoms with Gasteiger partial charge in [-0.1, -0.05) is 0 Å². The number of ether oxygens (including phenoxy) is 1. The number of hydrogen-bond acceptors (Lipinski definition) is 5. The van der Waals surface area contributed by atoms with E-state index in [0.717, 1.165) is 24.3 Å². The van der Waals surface area contributed by atoms with Gasteiger partial charge in [0, 0.05) is 17.7 Å². The highest BCUT2D eigenvalue weighted by molar-refractivity contribution is 5.71. The number of fused-ring (bicyclic) bond motifs is 1. The number of pyridine rings is 1. The molecule has 5 nitrogen and oxygen atoms in total.